The molecule has 0 aromatic heterocycles. The molecule has 18 heavy (non-hydrogen) atoms. The maximum atomic E-state index is 13.0. The van der Waals surface area contributed by atoms with E-state index in [1.54, 1.807) is 20.8 Å². The van der Waals surface area contributed by atoms with Crippen LogP contribution in [0.25, 0.3) is 0 Å². The lowest BCUT2D eigenvalue weighted by atomic mass is 10.2. The summed E-state index contributed by atoms with van der Waals surface area (Å²) in [4.78, 5) is 0. The highest BCUT2D eigenvalue weighted by Crippen LogP contribution is 2.15. The van der Waals surface area contributed by atoms with Crippen molar-refractivity contribution < 1.29 is 17.2 Å². The average Bonchev–Trinajstić information content (AvgIpc) is 2.30. The zero-order chi connectivity index (χ0) is 13.9. The van der Waals surface area contributed by atoms with Crippen molar-refractivity contribution in [3.05, 3.63) is 35.4 Å². The summed E-state index contributed by atoms with van der Waals surface area (Å²) in [6.07, 6.45) is 0. The van der Waals surface area contributed by atoms with Gasteiger partial charge in [0.25, 0.3) is 0 Å². The Bertz CT molecular complexity index is 515. The normalized spacial score (nSPS) is 12.4. The van der Waals surface area contributed by atoms with Crippen LogP contribution in [-0.2, 0) is 16.6 Å². The Morgan fingerprint density at radius 3 is 2.28 bits per heavy atom. The van der Waals surface area contributed by atoms with Gasteiger partial charge < -0.3 is 0 Å². The number of benzene rings is 1. The Labute approximate surface area is 106 Å². The molecule has 0 aliphatic heterocycles. The molecule has 1 rings (SSSR count). The average molecular weight is 277 g/mol. The van der Waals surface area contributed by atoms with Crippen LogP contribution in [0.1, 0.15) is 26.3 Å². The molecule has 0 fully saturated rings. The van der Waals surface area contributed by atoms with Gasteiger partial charge >= 0.3 is 0 Å². The number of hydrogen-bond acceptors (Lipinski definition) is 2. The lowest BCUT2D eigenvalue weighted by Crippen LogP contribution is -2.35. The van der Waals surface area contributed by atoms with Crippen molar-refractivity contribution in [1.29, 1.82) is 0 Å². The van der Waals surface area contributed by atoms with Crippen molar-refractivity contribution in [2.75, 3.05) is 6.54 Å². The molecular formula is C12H17F2NO2S. The summed E-state index contributed by atoms with van der Waals surface area (Å²) in [5, 5.41) is -0.539. The Balaban J connectivity index is 2.97. The largest absolute Gasteiger partial charge is 0.216 e. The van der Waals surface area contributed by atoms with Gasteiger partial charge in [0.15, 0.2) is 11.6 Å². The highest BCUT2D eigenvalue weighted by molar-refractivity contribution is 7.89. The zero-order valence-corrected chi connectivity index (χ0v) is 11.5. The molecule has 3 nitrogen and oxygen atoms in total. The predicted octanol–water partition coefficient (Wildman–Crippen LogP) is 2.52. The Morgan fingerprint density at radius 1 is 1.22 bits per heavy atom. The second-order valence-electron chi connectivity index (χ2n) is 4.27. The van der Waals surface area contributed by atoms with Crippen LogP contribution in [0.2, 0.25) is 0 Å². The topological polar surface area (TPSA) is 37.4 Å². The van der Waals surface area contributed by atoms with Crippen LogP contribution >= 0.6 is 0 Å². The third-order valence-corrected chi connectivity index (χ3v) is 4.95. The van der Waals surface area contributed by atoms with E-state index in [0.717, 1.165) is 12.1 Å². The van der Waals surface area contributed by atoms with E-state index in [-0.39, 0.29) is 6.54 Å². The van der Waals surface area contributed by atoms with Gasteiger partial charge in [0.2, 0.25) is 10.0 Å². The lowest BCUT2D eigenvalue weighted by molar-refractivity contribution is 0.415. The fourth-order valence-corrected chi connectivity index (χ4v) is 2.81. The maximum absolute atomic E-state index is 13.0. The molecule has 0 bridgehead atoms. The van der Waals surface area contributed by atoms with Crippen molar-refractivity contribution in [2.24, 2.45) is 0 Å². The van der Waals surface area contributed by atoms with Crippen molar-refractivity contribution in [2.45, 2.75) is 32.6 Å². The van der Waals surface area contributed by atoms with Crippen LogP contribution in [0.4, 0.5) is 8.78 Å². The van der Waals surface area contributed by atoms with Crippen LogP contribution in [0.3, 0.4) is 0 Å². The molecule has 0 saturated heterocycles. The second-order valence-corrected chi connectivity index (χ2v) is 6.76. The minimum Gasteiger partial charge on any atom is -0.212 e. The molecule has 0 saturated carbocycles. The zero-order valence-electron chi connectivity index (χ0n) is 10.7. The van der Waals surface area contributed by atoms with Gasteiger partial charge in [-0.3, -0.25) is 0 Å². The quantitative estimate of drug-likeness (QED) is 0.829. The van der Waals surface area contributed by atoms with Gasteiger partial charge in [-0.05, 0) is 31.5 Å². The molecule has 0 unspecified atom stereocenters. The third-order valence-electron chi connectivity index (χ3n) is 2.65. The lowest BCUT2D eigenvalue weighted by Gasteiger charge is -2.22. The smallest absolute Gasteiger partial charge is 0.212 e. The molecule has 0 heterocycles. The van der Waals surface area contributed by atoms with E-state index in [0.29, 0.717) is 12.1 Å². The maximum Gasteiger partial charge on any atom is 0.216 e. The van der Waals surface area contributed by atoms with Crippen molar-refractivity contribution >= 4 is 10.0 Å². The molecular weight excluding hydrogens is 260 g/mol. The van der Waals surface area contributed by atoms with Gasteiger partial charge in [0.1, 0.15) is 0 Å². The Morgan fingerprint density at radius 2 is 1.83 bits per heavy atom. The van der Waals surface area contributed by atoms with Gasteiger partial charge in [0, 0.05) is 13.1 Å². The van der Waals surface area contributed by atoms with E-state index in [2.05, 4.69) is 0 Å². The first-order valence-electron chi connectivity index (χ1n) is 5.72. The van der Waals surface area contributed by atoms with Crippen LogP contribution in [-0.4, -0.2) is 24.5 Å². The van der Waals surface area contributed by atoms with E-state index in [4.69, 9.17) is 0 Å². The summed E-state index contributed by atoms with van der Waals surface area (Å²) >= 11 is 0. The molecule has 0 aliphatic rings. The fraction of sp³-hybridized carbons (Fsp3) is 0.500. The Kier molecular flexibility index (Phi) is 4.81. The summed E-state index contributed by atoms with van der Waals surface area (Å²) < 4.78 is 51.0. The first kappa shape index (κ1) is 15.0. The summed E-state index contributed by atoms with van der Waals surface area (Å²) in [6.45, 7) is 5.22. The van der Waals surface area contributed by atoms with Crippen molar-refractivity contribution in [1.82, 2.24) is 4.31 Å². The van der Waals surface area contributed by atoms with Crippen LogP contribution < -0.4 is 0 Å². The highest BCUT2D eigenvalue weighted by Gasteiger charge is 2.24. The van der Waals surface area contributed by atoms with Gasteiger partial charge in [-0.2, -0.15) is 4.31 Å². The summed E-state index contributed by atoms with van der Waals surface area (Å²) in [6, 6.07) is 3.41. The second kappa shape index (κ2) is 5.75. The van der Waals surface area contributed by atoms with E-state index < -0.39 is 26.9 Å². The van der Waals surface area contributed by atoms with Gasteiger partial charge in [-0.25, -0.2) is 17.2 Å². The molecule has 0 radical (unpaired) electrons. The number of hydrogen-bond donors (Lipinski definition) is 0. The minimum absolute atomic E-state index is 0.0498. The summed E-state index contributed by atoms with van der Waals surface area (Å²) in [7, 11) is -3.39. The molecule has 1 aromatic rings. The Hall–Kier alpha value is -1.01. The van der Waals surface area contributed by atoms with Gasteiger partial charge in [-0.15, -0.1) is 0 Å². The van der Waals surface area contributed by atoms with E-state index in [1.165, 1.54) is 10.4 Å². The summed E-state index contributed by atoms with van der Waals surface area (Å²) in [5.41, 5.74) is 0.431. The third kappa shape index (κ3) is 3.26. The monoisotopic (exact) mass is 277 g/mol. The molecule has 0 atom stereocenters. The van der Waals surface area contributed by atoms with E-state index in [9.17, 15) is 17.2 Å². The van der Waals surface area contributed by atoms with Crippen LogP contribution in [0, 0.1) is 11.6 Å². The minimum atomic E-state index is -3.39. The van der Waals surface area contributed by atoms with E-state index >= 15 is 0 Å². The molecule has 0 N–H and O–H groups in total. The number of sulfonamides is 1. The first-order chi connectivity index (χ1) is 8.28. The highest BCUT2D eigenvalue weighted by atomic mass is 32.2. The van der Waals surface area contributed by atoms with E-state index in [1.807, 2.05) is 0 Å². The van der Waals surface area contributed by atoms with Crippen LogP contribution in [0.5, 0.6) is 0 Å². The predicted molar refractivity (Wildman–Crippen MR) is 66.5 cm³/mol. The van der Waals surface area contributed by atoms with Crippen LogP contribution in [0.15, 0.2) is 18.2 Å². The number of halogens is 2. The molecule has 102 valence electrons. The first-order valence-corrected chi connectivity index (χ1v) is 7.22. The molecule has 1 aromatic carbocycles. The van der Waals surface area contributed by atoms with Crippen molar-refractivity contribution in [3.63, 3.8) is 0 Å². The molecule has 0 amide bonds. The molecule has 0 aliphatic carbocycles. The number of rotatable bonds is 5. The summed E-state index contributed by atoms with van der Waals surface area (Å²) in [5.74, 6) is -1.90. The fourth-order valence-electron chi connectivity index (χ4n) is 1.52. The molecule has 0 spiro atoms. The SMILES string of the molecule is CCN(Cc1ccc(F)c(F)c1)S(=O)(=O)C(C)C. The number of nitrogens with zero attached hydrogens (tertiary/aromatic N) is 1. The standard InChI is InChI=1S/C12H17F2NO2S/c1-4-15(18(16,17)9(2)3)8-10-5-6-11(13)12(14)7-10/h5-7,9H,4,8H2,1-3H3. The van der Waals surface area contributed by atoms with Gasteiger partial charge in [0.05, 0.1) is 5.25 Å². The van der Waals surface area contributed by atoms with Crippen molar-refractivity contribution in [3.8, 4) is 0 Å². The molecule has 6 heteroatoms. The van der Waals surface area contributed by atoms with Gasteiger partial charge in [-0.1, -0.05) is 13.0 Å².